The second kappa shape index (κ2) is 5.64. The van der Waals surface area contributed by atoms with Crippen LogP contribution in [-0.2, 0) is 10.0 Å². The fraction of sp³-hybridized carbons (Fsp3) is 0.429. The number of aryl methyl sites for hydroxylation is 1. The summed E-state index contributed by atoms with van der Waals surface area (Å²) in [7, 11) is -3.23. The van der Waals surface area contributed by atoms with Crippen LogP contribution in [0.1, 0.15) is 30.4 Å². The van der Waals surface area contributed by atoms with Crippen molar-refractivity contribution in [3.05, 3.63) is 29.3 Å². The first-order valence-corrected chi connectivity index (χ1v) is 7.79. The molecular weight excluding hydrogens is 262 g/mol. The average molecular weight is 279 g/mol. The van der Waals surface area contributed by atoms with Crippen molar-refractivity contribution in [2.45, 2.75) is 31.4 Å². The fourth-order valence-corrected chi connectivity index (χ4v) is 3.04. The molecule has 19 heavy (non-hydrogen) atoms. The Morgan fingerprint density at radius 2 is 2.16 bits per heavy atom. The van der Waals surface area contributed by atoms with Crippen molar-refractivity contribution in [2.75, 3.05) is 11.3 Å². The Kier molecular flexibility index (Phi) is 4.13. The Morgan fingerprint density at radius 3 is 2.79 bits per heavy atom. The minimum atomic E-state index is -3.23. The number of hydrogen-bond donors (Lipinski definition) is 2. The van der Waals surface area contributed by atoms with Crippen LogP contribution in [0.5, 0.6) is 0 Å². The van der Waals surface area contributed by atoms with Crippen LogP contribution in [0.4, 0.5) is 5.69 Å². The van der Waals surface area contributed by atoms with Gasteiger partial charge in [-0.1, -0.05) is 17.9 Å². The summed E-state index contributed by atoms with van der Waals surface area (Å²) in [6, 6.07) is 5.32. The molecule has 0 aliphatic heterocycles. The number of sulfonamides is 1. The molecule has 1 saturated carbocycles. The van der Waals surface area contributed by atoms with Gasteiger partial charge in [-0.3, -0.25) is 4.72 Å². The molecule has 1 aliphatic rings. The molecule has 102 valence electrons. The van der Waals surface area contributed by atoms with Gasteiger partial charge in [0.25, 0.3) is 0 Å². The molecule has 5 heteroatoms. The normalized spacial score (nSPS) is 14.6. The summed E-state index contributed by atoms with van der Waals surface area (Å²) >= 11 is 0. The quantitative estimate of drug-likeness (QED) is 0.823. The van der Waals surface area contributed by atoms with Crippen molar-refractivity contribution in [1.29, 1.82) is 0 Å². The van der Waals surface area contributed by atoms with Crippen molar-refractivity contribution < 1.29 is 13.5 Å². The second-order valence-electron chi connectivity index (χ2n) is 4.65. The lowest BCUT2D eigenvalue weighted by Crippen LogP contribution is -2.17. The van der Waals surface area contributed by atoms with Gasteiger partial charge in [-0.05, 0) is 37.5 Å². The zero-order chi connectivity index (χ0) is 13.9. The van der Waals surface area contributed by atoms with Gasteiger partial charge in [0.2, 0.25) is 10.0 Å². The molecule has 4 nitrogen and oxygen atoms in total. The Labute approximate surface area is 113 Å². The lowest BCUT2D eigenvalue weighted by molar-refractivity contribution is 0.305. The summed E-state index contributed by atoms with van der Waals surface area (Å²) in [5, 5.41) is 8.46. The SMILES string of the molecule is Cc1ccc(NS(=O)(=O)C2CC2)cc1C#CCCO. The topological polar surface area (TPSA) is 66.4 Å². The summed E-state index contributed by atoms with van der Waals surface area (Å²) < 4.78 is 26.3. The van der Waals surface area contributed by atoms with Crippen molar-refractivity contribution in [3.8, 4) is 11.8 Å². The van der Waals surface area contributed by atoms with E-state index in [1.807, 2.05) is 13.0 Å². The van der Waals surface area contributed by atoms with Crippen molar-refractivity contribution in [1.82, 2.24) is 0 Å². The van der Waals surface area contributed by atoms with E-state index in [9.17, 15) is 8.42 Å². The second-order valence-corrected chi connectivity index (χ2v) is 6.61. The molecule has 0 saturated heterocycles. The van der Waals surface area contributed by atoms with Gasteiger partial charge in [0.05, 0.1) is 11.9 Å². The van der Waals surface area contributed by atoms with Crippen molar-refractivity contribution in [2.24, 2.45) is 0 Å². The number of benzene rings is 1. The molecule has 0 bridgehead atoms. The van der Waals surface area contributed by atoms with Crippen LogP contribution in [0.3, 0.4) is 0 Å². The minimum absolute atomic E-state index is 0.0278. The number of anilines is 1. The highest BCUT2D eigenvalue weighted by molar-refractivity contribution is 7.93. The molecule has 1 aromatic carbocycles. The highest BCUT2D eigenvalue weighted by Crippen LogP contribution is 2.30. The lowest BCUT2D eigenvalue weighted by atomic mass is 10.1. The van der Waals surface area contributed by atoms with Gasteiger partial charge in [-0.25, -0.2) is 8.42 Å². The first kappa shape index (κ1) is 13.9. The third-order valence-electron chi connectivity index (χ3n) is 2.92. The summed E-state index contributed by atoms with van der Waals surface area (Å²) in [5.41, 5.74) is 2.31. The van der Waals surface area contributed by atoms with Crippen LogP contribution in [0.25, 0.3) is 0 Å². The summed E-state index contributed by atoms with van der Waals surface area (Å²) in [6.07, 6.45) is 1.90. The number of nitrogens with one attached hydrogen (secondary N) is 1. The van der Waals surface area contributed by atoms with E-state index in [1.165, 1.54) is 0 Å². The van der Waals surface area contributed by atoms with Gasteiger partial charge in [0.1, 0.15) is 0 Å². The molecule has 0 aromatic heterocycles. The van der Waals surface area contributed by atoms with Crippen molar-refractivity contribution in [3.63, 3.8) is 0 Å². The van der Waals surface area contributed by atoms with Crippen LogP contribution in [0.2, 0.25) is 0 Å². The summed E-state index contributed by atoms with van der Waals surface area (Å²) in [4.78, 5) is 0. The monoisotopic (exact) mass is 279 g/mol. The van der Waals surface area contributed by atoms with Gasteiger partial charge in [-0.15, -0.1) is 0 Å². The molecular formula is C14H17NO3S. The Hall–Kier alpha value is -1.51. The van der Waals surface area contributed by atoms with Gasteiger partial charge < -0.3 is 5.11 Å². The van der Waals surface area contributed by atoms with E-state index < -0.39 is 10.0 Å². The predicted molar refractivity (Wildman–Crippen MR) is 75.3 cm³/mol. The maximum absolute atomic E-state index is 11.8. The molecule has 2 rings (SSSR count). The third-order valence-corrected chi connectivity index (χ3v) is 4.79. The molecule has 0 amide bonds. The van der Waals surface area contributed by atoms with E-state index in [1.54, 1.807) is 12.1 Å². The summed E-state index contributed by atoms with van der Waals surface area (Å²) in [6.45, 7) is 1.95. The molecule has 1 fully saturated rings. The zero-order valence-electron chi connectivity index (χ0n) is 10.8. The van der Waals surface area contributed by atoms with E-state index in [-0.39, 0.29) is 11.9 Å². The third kappa shape index (κ3) is 3.72. The van der Waals surface area contributed by atoms with Crippen LogP contribution in [0.15, 0.2) is 18.2 Å². The average Bonchev–Trinajstić information content (AvgIpc) is 3.17. The Balaban J connectivity index is 2.19. The van der Waals surface area contributed by atoms with Crippen LogP contribution in [-0.4, -0.2) is 25.4 Å². The maximum atomic E-state index is 11.8. The highest BCUT2D eigenvalue weighted by atomic mass is 32.2. The zero-order valence-corrected chi connectivity index (χ0v) is 11.6. The molecule has 2 N–H and O–H groups in total. The largest absolute Gasteiger partial charge is 0.395 e. The smallest absolute Gasteiger partial charge is 0.235 e. The predicted octanol–water partition coefficient (Wildman–Crippen LogP) is 1.63. The molecule has 0 atom stereocenters. The van der Waals surface area contributed by atoms with E-state index in [0.717, 1.165) is 24.0 Å². The number of hydrogen-bond acceptors (Lipinski definition) is 3. The first-order chi connectivity index (χ1) is 9.03. The van der Waals surface area contributed by atoms with E-state index in [4.69, 9.17) is 5.11 Å². The molecule has 1 aromatic rings. The first-order valence-electron chi connectivity index (χ1n) is 6.25. The van der Waals surface area contributed by atoms with Crippen LogP contribution < -0.4 is 4.72 Å². The standard InChI is InChI=1S/C14H17NO3S/c1-11-5-6-13(10-12(11)4-2-3-9-16)15-19(17,18)14-7-8-14/h5-6,10,14-16H,3,7-9H2,1H3. The van der Waals surface area contributed by atoms with Gasteiger partial charge >= 0.3 is 0 Å². The molecule has 0 spiro atoms. The van der Waals surface area contributed by atoms with Gasteiger partial charge in [0, 0.05) is 17.7 Å². The Bertz CT molecular complexity index is 622. The molecule has 0 heterocycles. The molecule has 0 radical (unpaired) electrons. The maximum Gasteiger partial charge on any atom is 0.235 e. The fourth-order valence-electron chi connectivity index (χ4n) is 1.66. The van der Waals surface area contributed by atoms with E-state index in [2.05, 4.69) is 16.6 Å². The number of rotatable bonds is 4. The van der Waals surface area contributed by atoms with Crippen molar-refractivity contribution >= 4 is 15.7 Å². The molecule has 0 unspecified atom stereocenters. The van der Waals surface area contributed by atoms with Crippen LogP contribution in [0, 0.1) is 18.8 Å². The summed E-state index contributed by atoms with van der Waals surface area (Å²) in [5.74, 6) is 5.78. The van der Waals surface area contributed by atoms with Gasteiger partial charge in [0.15, 0.2) is 0 Å². The highest BCUT2D eigenvalue weighted by Gasteiger charge is 2.35. The number of aliphatic hydroxyl groups is 1. The number of aliphatic hydroxyl groups excluding tert-OH is 1. The van der Waals surface area contributed by atoms with Crippen LogP contribution >= 0.6 is 0 Å². The minimum Gasteiger partial charge on any atom is -0.395 e. The molecule has 1 aliphatic carbocycles. The Morgan fingerprint density at radius 1 is 1.42 bits per heavy atom. The van der Waals surface area contributed by atoms with E-state index in [0.29, 0.717) is 12.1 Å². The van der Waals surface area contributed by atoms with Gasteiger partial charge in [-0.2, -0.15) is 0 Å². The lowest BCUT2D eigenvalue weighted by Gasteiger charge is -2.08. The van der Waals surface area contributed by atoms with E-state index >= 15 is 0 Å².